The lowest BCUT2D eigenvalue weighted by Crippen LogP contribution is -2.15. The predicted octanol–water partition coefficient (Wildman–Crippen LogP) is 6.25. The zero-order valence-electron chi connectivity index (χ0n) is 17.0. The lowest BCUT2D eigenvalue weighted by atomic mass is 9.98. The number of rotatable bonds is 2. The molecule has 2 aliphatic rings. The summed E-state index contributed by atoms with van der Waals surface area (Å²) >= 11 is 3.58. The van der Waals surface area contributed by atoms with Crippen LogP contribution >= 0.6 is 15.9 Å². The molecule has 0 saturated carbocycles. The maximum atomic E-state index is 5.86. The van der Waals surface area contributed by atoms with Crippen molar-refractivity contribution in [1.29, 1.82) is 0 Å². The number of ether oxygens (including phenoxy) is 2. The Bertz CT molecular complexity index is 1270. The van der Waals surface area contributed by atoms with Crippen molar-refractivity contribution < 1.29 is 9.47 Å². The van der Waals surface area contributed by atoms with Gasteiger partial charge in [0, 0.05) is 39.6 Å². The quantitative estimate of drug-likeness (QED) is 0.351. The van der Waals surface area contributed by atoms with Gasteiger partial charge in [-0.3, -0.25) is 4.40 Å². The normalized spacial score (nSPS) is 15.4. The molecular weight excluding hydrogens is 440 g/mol. The van der Waals surface area contributed by atoms with Gasteiger partial charge in [-0.15, -0.1) is 0 Å². The molecule has 0 spiro atoms. The van der Waals surface area contributed by atoms with Gasteiger partial charge in [-0.05, 0) is 62.1 Å². The Labute approximate surface area is 184 Å². The summed E-state index contributed by atoms with van der Waals surface area (Å²) in [4.78, 5) is 0. The van der Waals surface area contributed by atoms with Crippen molar-refractivity contribution >= 4 is 21.6 Å². The molecule has 0 saturated heterocycles. The predicted molar refractivity (Wildman–Crippen MR) is 123 cm³/mol. The summed E-state index contributed by atoms with van der Waals surface area (Å²) in [5.41, 5.74) is 9.15. The summed E-state index contributed by atoms with van der Waals surface area (Å²) in [7, 11) is 0. The van der Waals surface area contributed by atoms with Crippen LogP contribution in [-0.4, -0.2) is 22.2 Å². The van der Waals surface area contributed by atoms with Gasteiger partial charge in [0.15, 0.2) is 11.5 Å². The highest BCUT2D eigenvalue weighted by molar-refractivity contribution is 9.10. The minimum absolute atomic E-state index is 0.604. The first kappa shape index (κ1) is 18.1. The molecule has 2 aromatic carbocycles. The molecule has 6 rings (SSSR count). The molecule has 30 heavy (non-hydrogen) atoms. The number of halogens is 1. The molecule has 0 fully saturated rings. The molecule has 4 heterocycles. The van der Waals surface area contributed by atoms with Crippen LogP contribution in [0, 0.1) is 6.92 Å². The van der Waals surface area contributed by atoms with Gasteiger partial charge in [-0.2, -0.15) is 0 Å². The van der Waals surface area contributed by atoms with Crippen LogP contribution in [0.5, 0.6) is 11.5 Å². The van der Waals surface area contributed by atoms with E-state index in [1.165, 1.54) is 46.6 Å². The summed E-state index contributed by atoms with van der Waals surface area (Å²) < 4.78 is 17.6. The highest BCUT2D eigenvalue weighted by Gasteiger charge is 2.25. The van der Waals surface area contributed by atoms with Gasteiger partial charge in [-0.1, -0.05) is 28.1 Å². The van der Waals surface area contributed by atoms with E-state index in [4.69, 9.17) is 9.47 Å². The zero-order valence-corrected chi connectivity index (χ0v) is 18.5. The monoisotopic (exact) mass is 462 g/mol. The standard InChI is InChI=1S/C25H23BrN2O2/c1-16-24(17-5-8-19(26)9-6-17)20-4-2-3-11-27-15-21(28(16)25(20)27)18-7-10-22-23(14-18)30-13-12-29-22/h5-10,14-15H,2-4,11-13H2,1H3. The average molecular weight is 463 g/mol. The van der Waals surface area contributed by atoms with E-state index in [1.807, 2.05) is 6.07 Å². The van der Waals surface area contributed by atoms with Gasteiger partial charge < -0.3 is 14.0 Å². The first-order chi connectivity index (χ1) is 14.7. The van der Waals surface area contributed by atoms with Crippen molar-refractivity contribution in [3.05, 3.63) is 64.4 Å². The molecule has 0 radical (unpaired) electrons. The maximum absolute atomic E-state index is 5.86. The highest BCUT2D eigenvalue weighted by atomic mass is 79.9. The molecule has 152 valence electrons. The Hall–Kier alpha value is -2.66. The minimum Gasteiger partial charge on any atom is -0.486 e. The third-order valence-corrected chi connectivity index (χ3v) is 6.85. The molecule has 0 unspecified atom stereocenters. The van der Waals surface area contributed by atoms with Gasteiger partial charge >= 0.3 is 0 Å². The van der Waals surface area contributed by atoms with Crippen molar-refractivity contribution in [3.8, 4) is 33.9 Å². The first-order valence-electron chi connectivity index (χ1n) is 10.6. The van der Waals surface area contributed by atoms with Crippen LogP contribution in [-0.2, 0) is 13.0 Å². The van der Waals surface area contributed by atoms with Crippen molar-refractivity contribution in [3.63, 3.8) is 0 Å². The number of imidazole rings is 1. The number of aromatic nitrogens is 2. The Morgan fingerprint density at radius 1 is 0.900 bits per heavy atom. The van der Waals surface area contributed by atoms with E-state index in [2.05, 4.69) is 74.4 Å². The molecular formula is C25H23BrN2O2. The third kappa shape index (κ3) is 2.72. The third-order valence-electron chi connectivity index (χ3n) is 6.32. The molecule has 2 aliphatic heterocycles. The number of nitrogens with zero attached hydrogens (tertiary/aromatic N) is 2. The van der Waals surface area contributed by atoms with Crippen LogP contribution in [0.1, 0.15) is 24.1 Å². The molecule has 5 heteroatoms. The van der Waals surface area contributed by atoms with E-state index in [-0.39, 0.29) is 0 Å². The molecule has 0 amide bonds. The van der Waals surface area contributed by atoms with Crippen molar-refractivity contribution in [2.45, 2.75) is 32.7 Å². The molecule has 0 aliphatic carbocycles. The first-order valence-corrected chi connectivity index (χ1v) is 11.4. The van der Waals surface area contributed by atoms with E-state index in [0.717, 1.165) is 34.5 Å². The SMILES string of the molecule is Cc1c(-c2ccc(Br)cc2)c2c3n(cc(-c4ccc5c(c4)OCCO5)n13)CCCC2. The maximum Gasteiger partial charge on any atom is 0.162 e. The van der Waals surface area contributed by atoms with Crippen molar-refractivity contribution in [1.82, 2.24) is 8.97 Å². The fourth-order valence-corrected chi connectivity index (χ4v) is 5.26. The van der Waals surface area contributed by atoms with E-state index in [1.54, 1.807) is 0 Å². The molecule has 0 bridgehead atoms. The minimum atomic E-state index is 0.604. The van der Waals surface area contributed by atoms with Crippen LogP contribution in [0.4, 0.5) is 0 Å². The van der Waals surface area contributed by atoms with Gasteiger partial charge in [0.05, 0.1) is 5.69 Å². The highest BCUT2D eigenvalue weighted by Crippen LogP contribution is 2.41. The number of hydrogen-bond donors (Lipinski definition) is 0. The summed E-state index contributed by atoms with van der Waals surface area (Å²) in [5, 5.41) is 0. The van der Waals surface area contributed by atoms with E-state index in [0.29, 0.717) is 13.2 Å². The molecule has 4 nitrogen and oxygen atoms in total. The lowest BCUT2D eigenvalue weighted by molar-refractivity contribution is 0.171. The van der Waals surface area contributed by atoms with Gasteiger partial charge in [0.2, 0.25) is 0 Å². The number of hydrogen-bond acceptors (Lipinski definition) is 2. The second-order valence-corrected chi connectivity index (χ2v) is 9.04. The Morgan fingerprint density at radius 3 is 2.50 bits per heavy atom. The zero-order chi connectivity index (χ0) is 20.2. The van der Waals surface area contributed by atoms with Crippen LogP contribution in [0.15, 0.2) is 53.1 Å². The van der Waals surface area contributed by atoms with Gasteiger partial charge in [0.1, 0.15) is 18.9 Å². The van der Waals surface area contributed by atoms with Crippen molar-refractivity contribution in [2.24, 2.45) is 0 Å². The molecule has 0 N–H and O–H groups in total. The fourth-order valence-electron chi connectivity index (χ4n) is 5.00. The topological polar surface area (TPSA) is 27.8 Å². The number of benzene rings is 2. The second-order valence-electron chi connectivity index (χ2n) is 8.13. The second kappa shape index (κ2) is 6.95. The summed E-state index contributed by atoms with van der Waals surface area (Å²) in [6, 6.07) is 15.0. The fraction of sp³-hybridized carbons (Fsp3) is 0.280. The van der Waals surface area contributed by atoms with Gasteiger partial charge in [0.25, 0.3) is 0 Å². The van der Waals surface area contributed by atoms with Gasteiger partial charge in [-0.25, -0.2) is 0 Å². The molecule has 2 aromatic heterocycles. The van der Waals surface area contributed by atoms with E-state index in [9.17, 15) is 0 Å². The number of fused-ring (bicyclic) bond motifs is 1. The number of aryl methyl sites for hydroxylation is 3. The lowest BCUT2D eigenvalue weighted by Gasteiger charge is -2.18. The largest absolute Gasteiger partial charge is 0.486 e. The van der Waals surface area contributed by atoms with Crippen LogP contribution in [0.2, 0.25) is 0 Å². The Kier molecular flexibility index (Phi) is 4.20. The summed E-state index contributed by atoms with van der Waals surface area (Å²) in [5.74, 6) is 1.67. The average Bonchev–Trinajstić information content (AvgIpc) is 3.19. The Morgan fingerprint density at radius 2 is 1.67 bits per heavy atom. The molecule has 4 aromatic rings. The Balaban J connectivity index is 1.61. The van der Waals surface area contributed by atoms with E-state index >= 15 is 0 Å². The van der Waals surface area contributed by atoms with Crippen LogP contribution in [0.3, 0.4) is 0 Å². The van der Waals surface area contributed by atoms with Crippen LogP contribution < -0.4 is 9.47 Å². The molecule has 0 atom stereocenters. The summed E-state index contributed by atoms with van der Waals surface area (Å²) in [6.45, 7) is 4.53. The van der Waals surface area contributed by atoms with Crippen molar-refractivity contribution in [2.75, 3.05) is 13.2 Å². The van der Waals surface area contributed by atoms with E-state index < -0.39 is 0 Å². The summed E-state index contributed by atoms with van der Waals surface area (Å²) in [6.07, 6.45) is 5.86. The smallest absolute Gasteiger partial charge is 0.162 e. The van der Waals surface area contributed by atoms with Crippen LogP contribution in [0.25, 0.3) is 28.0 Å².